The highest BCUT2D eigenvalue weighted by molar-refractivity contribution is 5.87. The molecule has 1 aliphatic heterocycles. The maximum Gasteiger partial charge on any atom is 0.239 e. The van der Waals surface area contributed by atoms with Gasteiger partial charge in [-0.3, -0.25) is 9.59 Å². The molecule has 23 heavy (non-hydrogen) atoms. The molecule has 0 radical (unpaired) electrons. The van der Waals surface area contributed by atoms with E-state index in [0.717, 1.165) is 17.7 Å². The van der Waals surface area contributed by atoms with Crippen molar-refractivity contribution in [2.45, 2.75) is 32.2 Å². The highest BCUT2D eigenvalue weighted by Gasteiger charge is 2.22. The number of fused-ring (bicyclic) bond motifs is 1. The number of nitrogens with two attached hydrogens (primary N) is 1. The van der Waals surface area contributed by atoms with E-state index in [1.54, 1.807) is 0 Å². The Bertz CT molecular complexity index is 560. The van der Waals surface area contributed by atoms with Crippen LogP contribution in [0.3, 0.4) is 0 Å². The molecule has 4 N–H and O–H groups in total. The summed E-state index contributed by atoms with van der Waals surface area (Å²) in [6, 6.07) is 7.28. The number of hydrogen-bond donors (Lipinski definition) is 3. The monoisotopic (exact) mass is 319 g/mol. The Morgan fingerprint density at radius 3 is 2.78 bits per heavy atom. The Hall–Kier alpha value is -2.08. The summed E-state index contributed by atoms with van der Waals surface area (Å²) in [5.74, 6) is 0.647. The maximum atomic E-state index is 11.9. The molecule has 6 nitrogen and oxygen atoms in total. The van der Waals surface area contributed by atoms with Crippen LogP contribution in [0.15, 0.2) is 24.3 Å². The third-order valence-electron chi connectivity index (χ3n) is 4.07. The molecule has 0 aromatic heterocycles. The van der Waals surface area contributed by atoms with Crippen LogP contribution in [0.1, 0.15) is 31.7 Å². The van der Waals surface area contributed by atoms with Crippen molar-refractivity contribution in [1.29, 1.82) is 0 Å². The molecule has 6 heteroatoms. The molecule has 1 aromatic carbocycles. The Kier molecular flexibility index (Phi) is 5.98. The first-order valence-corrected chi connectivity index (χ1v) is 8.00. The number of carbonyl (C=O) groups excluding carboxylic acids is 2. The molecule has 1 heterocycles. The molecule has 1 aromatic rings. The SMILES string of the molecule is CC(C)[C@H](N)C(=O)NCC(=O)NCC1CCOc2ccccc21. The van der Waals surface area contributed by atoms with Gasteiger partial charge in [0.25, 0.3) is 0 Å². The van der Waals surface area contributed by atoms with Crippen molar-refractivity contribution in [3.63, 3.8) is 0 Å². The van der Waals surface area contributed by atoms with Gasteiger partial charge in [-0.2, -0.15) is 0 Å². The first kappa shape index (κ1) is 17.3. The van der Waals surface area contributed by atoms with E-state index in [4.69, 9.17) is 10.5 Å². The lowest BCUT2D eigenvalue weighted by Crippen LogP contribution is -2.47. The molecule has 0 fully saturated rings. The van der Waals surface area contributed by atoms with E-state index in [-0.39, 0.29) is 30.2 Å². The Labute approximate surface area is 136 Å². The van der Waals surface area contributed by atoms with Gasteiger partial charge in [-0.15, -0.1) is 0 Å². The van der Waals surface area contributed by atoms with Crippen LogP contribution in [-0.2, 0) is 9.59 Å². The minimum absolute atomic E-state index is 0.0387. The predicted octanol–water partition coefficient (Wildman–Crippen LogP) is 0.768. The molecule has 0 spiro atoms. The van der Waals surface area contributed by atoms with Crippen LogP contribution in [0.2, 0.25) is 0 Å². The smallest absolute Gasteiger partial charge is 0.239 e. The molecule has 0 saturated heterocycles. The quantitative estimate of drug-likeness (QED) is 0.722. The summed E-state index contributed by atoms with van der Waals surface area (Å²) in [5, 5.41) is 5.44. The zero-order valence-electron chi connectivity index (χ0n) is 13.7. The largest absolute Gasteiger partial charge is 0.493 e. The van der Waals surface area contributed by atoms with E-state index >= 15 is 0 Å². The molecule has 2 rings (SSSR count). The molecular formula is C17H25N3O3. The number of rotatable bonds is 6. The number of nitrogens with one attached hydrogen (secondary N) is 2. The van der Waals surface area contributed by atoms with Gasteiger partial charge in [-0.1, -0.05) is 32.0 Å². The van der Waals surface area contributed by atoms with E-state index in [1.165, 1.54) is 0 Å². The van der Waals surface area contributed by atoms with Crippen LogP contribution in [0.4, 0.5) is 0 Å². The van der Waals surface area contributed by atoms with Crippen LogP contribution in [0.5, 0.6) is 5.75 Å². The van der Waals surface area contributed by atoms with Crippen molar-refractivity contribution in [2.24, 2.45) is 11.7 Å². The first-order chi connectivity index (χ1) is 11.0. The Balaban J connectivity index is 1.78. The summed E-state index contributed by atoms with van der Waals surface area (Å²) in [6.07, 6.45) is 0.863. The summed E-state index contributed by atoms with van der Waals surface area (Å²) < 4.78 is 5.60. The van der Waals surface area contributed by atoms with Gasteiger partial charge in [0.05, 0.1) is 19.2 Å². The zero-order valence-corrected chi connectivity index (χ0v) is 13.7. The normalized spacial score (nSPS) is 17.8. The molecular weight excluding hydrogens is 294 g/mol. The average molecular weight is 319 g/mol. The lowest BCUT2D eigenvalue weighted by Gasteiger charge is -2.26. The zero-order chi connectivity index (χ0) is 16.8. The fraction of sp³-hybridized carbons (Fsp3) is 0.529. The van der Waals surface area contributed by atoms with Crippen molar-refractivity contribution in [3.05, 3.63) is 29.8 Å². The van der Waals surface area contributed by atoms with Gasteiger partial charge in [0, 0.05) is 12.5 Å². The number of benzene rings is 1. The number of hydrogen-bond acceptors (Lipinski definition) is 4. The fourth-order valence-corrected chi connectivity index (χ4v) is 2.52. The topological polar surface area (TPSA) is 93.5 Å². The maximum absolute atomic E-state index is 11.9. The number of carbonyl (C=O) groups is 2. The second-order valence-corrected chi connectivity index (χ2v) is 6.16. The number of para-hydroxylation sites is 1. The summed E-state index contributed by atoms with van der Waals surface area (Å²) in [4.78, 5) is 23.6. The molecule has 0 bridgehead atoms. The predicted molar refractivity (Wildman–Crippen MR) is 88.1 cm³/mol. The molecule has 126 valence electrons. The van der Waals surface area contributed by atoms with E-state index in [2.05, 4.69) is 10.6 Å². The fourth-order valence-electron chi connectivity index (χ4n) is 2.52. The second kappa shape index (κ2) is 7.97. The number of ether oxygens (including phenoxy) is 1. The highest BCUT2D eigenvalue weighted by atomic mass is 16.5. The summed E-state index contributed by atoms with van der Waals surface area (Å²) in [5.41, 5.74) is 6.85. The van der Waals surface area contributed by atoms with Gasteiger partial charge in [0.15, 0.2) is 0 Å². The standard InChI is InChI=1S/C17H25N3O3/c1-11(2)16(18)17(22)20-10-15(21)19-9-12-7-8-23-14-6-4-3-5-13(12)14/h3-6,11-12,16H,7-10,18H2,1-2H3,(H,19,21)(H,20,22)/t12?,16-/m0/s1. The molecule has 0 saturated carbocycles. The van der Waals surface area contributed by atoms with E-state index in [9.17, 15) is 9.59 Å². The summed E-state index contributed by atoms with van der Waals surface area (Å²) >= 11 is 0. The lowest BCUT2D eigenvalue weighted by atomic mass is 9.93. The molecule has 1 unspecified atom stereocenters. The second-order valence-electron chi connectivity index (χ2n) is 6.16. The van der Waals surface area contributed by atoms with Crippen LogP contribution in [-0.4, -0.2) is 37.6 Å². The third kappa shape index (κ3) is 4.69. The molecule has 2 atom stereocenters. The summed E-state index contributed by atoms with van der Waals surface area (Å²) in [6.45, 7) is 4.87. The third-order valence-corrected chi connectivity index (χ3v) is 4.07. The van der Waals surface area contributed by atoms with Crippen molar-refractivity contribution in [1.82, 2.24) is 10.6 Å². The van der Waals surface area contributed by atoms with E-state index in [1.807, 2.05) is 38.1 Å². The minimum atomic E-state index is -0.592. The van der Waals surface area contributed by atoms with Gasteiger partial charge in [0.2, 0.25) is 11.8 Å². The van der Waals surface area contributed by atoms with Gasteiger partial charge < -0.3 is 21.1 Å². The Morgan fingerprint density at radius 2 is 2.04 bits per heavy atom. The van der Waals surface area contributed by atoms with Gasteiger partial charge >= 0.3 is 0 Å². The molecule has 0 aliphatic carbocycles. The molecule has 2 amide bonds. The molecule has 1 aliphatic rings. The van der Waals surface area contributed by atoms with Crippen LogP contribution in [0.25, 0.3) is 0 Å². The van der Waals surface area contributed by atoms with Crippen molar-refractivity contribution < 1.29 is 14.3 Å². The first-order valence-electron chi connectivity index (χ1n) is 8.00. The van der Waals surface area contributed by atoms with Gasteiger partial charge in [-0.25, -0.2) is 0 Å². The van der Waals surface area contributed by atoms with Crippen molar-refractivity contribution >= 4 is 11.8 Å². The van der Waals surface area contributed by atoms with Crippen molar-refractivity contribution in [2.75, 3.05) is 19.7 Å². The van der Waals surface area contributed by atoms with Crippen LogP contribution in [0, 0.1) is 5.92 Å². The van der Waals surface area contributed by atoms with Crippen LogP contribution < -0.4 is 21.1 Å². The van der Waals surface area contributed by atoms with E-state index < -0.39 is 6.04 Å². The van der Waals surface area contributed by atoms with Crippen molar-refractivity contribution in [3.8, 4) is 5.75 Å². The van der Waals surface area contributed by atoms with Gasteiger partial charge in [-0.05, 0) is 24.0 Å². The van der Waals surface area contributed by atoms with Crippen LogP contribution >= 0.6 is 0 Å². The number of amides is 2. The minimum Gasteiger partial charge on any atom is -0.493 e. The average Bonchev–Trinajstić information content (AvgIpc) is 2.56. The van der Waals surface area contributed by atoms with Gasteiger partial charge in [0.1, 0.15) is 5.75 Å². The highest BCUT2D eigenvalue weighted by Crippen LogP contribution is 2.32. The Morgan fingerprint density at radius 1 is 1.30 bits per heavy atom. The lowest BCUT2D eigenvalue weighted by molar-refractivity contribution is -0.127. The summed E-state index contributed by atoms with van der Waals surface area (Å²) in [7, 11) is 0. The van der Waals surface area contributed by atoms with E-state index in [0.29, 0.717) is 13.2 Å².